The molecule has 3 nitrogen and oxygen atoms in total. The monoisotopic (exact) mass is 200 g/mol. The van der Waals surface area contributed by atoms with Gasteiger partial charge in [0, 0.05) is 12.8 Å². The summed E-state index contributed by atoms with van der Waals surface area (Å²) in [7, 11) is 0. The average molecular weight is 200 g/mol. The van der Waals surface area contributed by atoms with Crippen LogP contribution >= 0.6 is 0 Å². The maximum absolute atomic E-state index is 10.8. The van der Waals surface area contributed by atoms with Crippen LogP contribution < -0.4 is 0 Å². The predicted molar refractivity (Wildman–Crippen MR) is 53.8 cm³/mol. The van der Waals surface area contributed by atoms with E-state index >= 15 is 0 Å². The smallest absolute Gasteiger partial charge is 0.304 e. The molecule has 0 aromatic rings. The van der Waals surface area contributed by atoms with E-state index in [4.69, 9.17) is 9.47 Å². The topological polar surface area (TPSA) is 35.5 Å². The standard InChI is InChI=1S/C11H20O3/c1-3-4-6-10-7-5-8-13-11(10)14-9(2)12/h10-11H,3-8H2,1-2H3. The number of hydrogen-bond acceptors (Lipinski definition) is 3. The van der Waals surface area contributed by atoms with Gasteiger partial charge in [-0.25, -0.2) is 0 Å². The maximum atomic E-state index is 10.8. The van der Waals surface area contributed by atoms with E-state index in [0.29, 0.717) is 5.92 Å². The summed E-state index contributed by atoms with van der Waals surface area (Å²) in [6, 6.07) is 0. The van der Waals surface area contributed by atoms with Gasteiger partial charge in [0.15, 0.2) is 0 Å². The number of esters is 1. The van der Waals surface area contributed by atoms with Gasteiger partial charge < -0.3 is 9.47 Å². The SMILES string of the molecule is CCCCC1CCCOC1OC(C)=O. The minimum atomic E-state index is -0.284. The molecule has 1 aliphatic heterocycles. The zero-order chi connectivity index (χ0) is 10.4. The van der Waals surface area contributed by atoms with Crippen molar-refractivity contribution in [3.63, 3.8) is 0 Å². The highest BCUT2D eigenvalue weighted by Crippen LogP contribution is 2.26. The van der Waals surface area contributed by atoms with Crippen molar-refractivity contribution < 1.29 is 14.3 Å². The molecule has 1 saturated heterocycles. The molecule has 1 fully saturated rings. The summed E-state index contributed by atoms with van der Waals surface area (Å²) in [5.74, 6) is 0.172. The van der Waals surface area contributed by atoms with Crippen molar-refractivity contribution in [2.75, 3.05) is 6.61 Å². The van der Waals surface area contributed by atoms with Gasteiger partial charge in [-0.05, 0) is 19.3 Å². The number of carbonyl (C=O) groups is 1. The van der Waals surface area contributed by atoms with Crippen molar-refractivity contribution in [1.82, 2.24) is 0 Å². The molecule has 0 aliphatic carbocycles. The molecule has 0 aromatic carbocycles. The van der Waals surface area contributed by atoms with E-state index in [9.17, 15) is 4.79 Å². The van der Waals surface area contributed by atoms with Crippen LogP contribution in [0.1, 0.15) is 46.0 Å². The second-order valence-electron chi connectivity index (χ2n) is 3.89. The fourth-order valence-corrected chi connectivity index (χ4v) is 1.86. The van der Waals surface area contributed by atoms with Crippen LogP contribution in [-0.2, 0) is 14.3 Å². The van der Waals surface area contributed by atoms with Gasteiger partial charge in [-0.2, -0.15) is 0 Å². The third-order valence-electron chi connectivity index (χ3n) is 2.60. The number of hydrogen-bond donors (Lipinski definition) is 0. The van der Waals surface area contributed by atoms with Gasteiger partial charge in [-0.15, -0.1) is 0 Å². The minimum absolute atomic E-state index is 0.238. The molecule has 0 N–H and O–H groups in total. The fraction of sp³-hybridized carbons (Fsp3) is 0.909. The highest BCUT2D eigenvalue weighted by molar-refractivity contribution is 5.66. The Labute approximate surface area is 85.8 Å². The Bertz CT molecular complexity index is 179. The fourth-order valence-electron chi connectivity index (χ4n) is 1.86. The number of rotatable bonds is 4. The average Bonchev–Trinajstić information content (AvgIpc) is 2.16. The summed E-state index contributed by atoms with van der Waals surface area (Å²) in [5.41, 5.74) is 0. The van der Waals surface area contributed by atoms with Gasteiger partial charge >= 0.3 is 5.97 Å². The van der Waals surface area contributed by atoms with Crippen molar-refractivity contribution in [3.05, 3.63) is 0 Å². The molecular formula is C11H20O3. The van der Waals surface area contributed by atoms with Crippen LogP contribution in [0.5, 0.6) is 0 Å². The number of ether oxygens (including phenoxy) is 2. The molecule has 1 rings (SSSR count). The molecule has 3 heteroatoms. The van der Waals surface area contributed by atoms with E-state index < -0.39 is 0 Å². The summed E-state index contributed by atoms with van der Waals surface area (Å²) in [6.07, 6.45) is 5.40. The van der Waals surface area contributed by atoms with Gasteiger partial charge in [0.05, 0.1) is 6.61 Å². The van der Waals surface area contributed by atoms with Crippen LogP contribution in [0.2, 0.25) is 0 Å². The Hall–Kier alpha value is -0.570. The first-order valence-corrected chi connectivity index (χ1v) is 5.53. The van der Waals surface area contributed by atoms with Crippen LogP contribution in [0.15, 0.2) is 0 Å². The van der Waals surface area contributed by atoms with Crippen molar-refractivity contribution in [1.29, 1.82) is 0 Å². The summed E-state index contributed by atoms with van der Waals surface area (Å²) in [5, 5.41) is 0. The zero-order valence-corrected chi connectivity index (χ0v) is 9.12. The van der Waals surface area contributed by atoms with Crippen LogP contribution in [0.25, 0.3) is 0 Å². The molecule has 2 atom stereocenters. The first-order chi connectivity index (χ1) is 6.74. The van der Waals surface area contributed by atoms with Crippen LogP contribution in [0, 0.1) is 5.92 Å². The normalized spacial score (nSPS) is 27.3. The highest BCUT2D eigenvalue weighted by atomic mass is 16.7. The van der Waals surface area contributed by atoms with E-state index in [1.807, 2.05) is 0 Å². The third-order valence-corrected chi connectivity index (χ3v) is 2.60. The lowest BCUT2D eigenvalue weighted by Gasteiger charge is -2.30. The Kier molecular flexibility index (Phi) is 4.94. The molecule has 1 heterocycles. The van der Waals surface area contributed by atoms with Crippen LogP contribution in [0.4, 0.5) is 0 Å². The molecule has 82 valence electrons. The Morgan fingerprint density at radius 3 is 3.00 bits per heavy atom. The highest BCUT2D eigenvalue weighted by Gasteiger charge is 2.27. The first kappa shape index (κ1) is 11.5. The maximum Gasteiger partial charge on any atom is 0.304 e. The molecule has 14 heavy (non-hydrogen) atoms. The predicted octanol–water partition coefficient (Wildman–Crippen LogP) is 2.49. The molecule has 0 bridgehead atoms. The van der Waals surface area contributed by atoms with Crippen LogP contribution in [-0.4, -0.2) is 18.9 Å². The lowest BCUT2D eigenvalue weighted by Crippen LogP contribution is -2.33. The second kappa shape index (κ2) is 6.02. The Morgan fingerprint density at radius 2 is 2.36 bits per heavy atom. The summed E-state index contributed by atoms with van der Waals surface area (Å²) in [4.78, 5) is 10.8. The van der Waals surface area contributed by atoms with Crippen molar-refractivity contribution in [2.24, 2.45) is 5.92 Å². The summed E-state index contributed by atoms with van der Waals surface area (Å²) in [6.45, 7) is 4.33. The Morgan fingerprint density at radius 1 is 1.57 bits per heavy atom. The van der Waals surface area contributed by atoms with Crippen molar-refractivity contribution in [3.8, 4) is 0 Å². The van der Waals surface area contributed by atoms with Gasteiger partial charge in [0.25, 0.3) is 0 Å². The first-order valence-electron chi connectivity index (χ1n) is 5.53. The Balaban J connectivity index is 2.37. The van der Waals surface area contributed by atoms with Gasteiger partial charge in [-0.1, -0.05) is 19.8 Å². The van der Waals surface area contributed by atoms with E-state index in [2.05, 4.69) is 6.92 Å². The molecule has 2 unspecified atom stereocenters. The minimum Gasteiger partial charge on any atom is -0.436 e. The zero-order valence-electron chi connectivity index (χ0n) is 9.12. The lowest BCUT2D eigenvalue weighted by molar-refractivity contribution is -0.201. The lowest BCUT2D eigenvalue weighted by atomic mass is 9.94. The number of carbonyl (C=O) groups excluding carboxylic acids is 1. The molecule has 0 aromatic heterocycles. The summed E-state index contributed by atoms with van der Waals surface area (Å²) >= 11 is 0. The van der Waals surface area contributed by atoms with E-state index in [0.717, 1.165) is 25.9 Å². The molecule has 0 radical (unpaired) electrons. The van der Waals surface area contributed by atoms with E-state index in [1.54, 1.807) is 0 Å². The van der Waals surface area contributed by atoms with Crippen LogP contribution in [0.3, 0.4) is 0 Å². The third kappa shape index (κ3) is 3.66. The molecule has 0 saturated carbocycles. The number of unbranched alkanes of at least 4 members (excludes halogenated alkanes) is 1. The van der Waals surface area contributed by atoms with Gasteiger partial charge in [0.1, 0.15) is 0 Å². The van der Waals surface area contributed by atoms with Crippen molar-refractivity contribution >= 4 is 5.97 Å². The molecule has 0 spiro atoms. The molecule has 1 aliphatic rings. The van der Waals surface area contributed by atoms with Crippen molar-refractivity contribution in [2.45, 2.75) is 52.2 Å². The largest absolute Gasteiger partial charge is 0.436 e. The quantitative estimate of drug-likeness (QED) is 0.654. The van der Waals surface area contributed by atoms with E-state index in [1.165, 1.54) is 19.8 Å². The molecule has 0 amide bonds. The second-order valence-corrected chi connectivity index (χ2v) is 3.89. The molecular weight excluding hydrogens is 180 g/mol. The van der Waals surface area contributed by atoms with Gasteiger partial charge in [-0.3, -0.25) is 4.79 Å². The van der Waals surface area contributed by atoms with Gasteiger partial charge in [0.2, 0.25) is 6.29 Å². The summed E-state index contributed by atoms with van der Waals surface area (Å²) < 4.78 is 10.6. The van der Waals surface area contributed by atoms with E-state index in [-0.39, 0.29) is 12.3 Å².